The average Bonchev–Trinajstić information content (AvgIpc) is 2.71. The van der Waals surface area contributed by atoms with Crippen LogP contribution in [0.2, 0.25) is 0 Å². The van der Waals surface area contributed by atoms with E-state index in [1.807, 2.05) is 24.3 Å². The number of nitrogen functional groups attached to an aromatic ring is 1. The van der Waals surface area contributed by atoms with Crippen LogP contribution < -0.4 is 5.73 Å². The third-order valence-electron chi connectivity index (χ3n) is 2.88. The van der Waals surface area contributed by atoms with Crippen molar-refractivity contribution in [3.63, 3.8) is 0 Å². The molecule has 0 spiro atoms. The fourth-order valence-corrected chi connectivity index (χ4v) is 2.04. The SMILES string of the molecule is Cc1cccc(-c2n[nH]c3ccc(N)cc23)c1. The van der Waals surface area contributed by atoms with Crippen molar-refractivity contribution < 1.29 is 0 Å². The van der Waals surface area contributed by atoms with Crippen LogP contribution in [0.5, 0.6) is 0 Å². The van der Waals surface area contributed by atoms with Gasteiger partial charge in [-0.3, -0.25) is 5.10 Å². The Kier molecular flexibility index (Phi) is 2.11. The zero-order valence-electron chi connectivity index (χ0n) is 9.57. The van der Waals surface area contributed by atoms with Gasteiger partial charge >= 0.3 is 0 Å². The van der Waals surface area contributed by atoms with Crippen LogP contribution in [0.15, 0.2) is 42.5 Å². The molecule has 0 fully saturated rings. The van der Waals surface area contributed by atoms with Crippen LogP contribution in [0.1, 0.15) is 5.56 Å². The van der Waals surface area contributed by atoms with Gasteiger partial charge in [0.2, 0.25) is 0 Å². The zero-order valence-corrected chi connectivity index (χ0v) is 9.57. The molecule has 3 rings (SSSR count). The molecule has 0 aliphatic carbocycles. The Labute approximate surface area is 99.3 Å². The molecule has 17 heavy (non-hydrogen) atoms. The summed E-state index contributed by atoms with van der Waals surface area (Å²) in [4.78, 5) is 0. The van der Waals surface area contributed by atoms with Gasteiger partial charge in [-0.1, -0.05) is 23.8 Å². The van der Waals surface area contributed by atoms with Crippen molar-refractivity contribution in [2.45, 2.75) is 6.92 Å². The molecule has 3 heteroatoms. The smallest absolute Gasteiger partial charge is 0.1000 e. The van der Waals surface area contributed by atoms with Gasteiger partial charge in [-0.15, -0.1) is 0 Å². The van der Waals surface area contributed by atoms with Crippen molar-refractivity contribution in [2.24, 2.45) is 0 Å². The maximum absolute atomic E-state index is 5.82. The number of aromatic nitrogens is 2. The Balaban J connectivity index is 2.27. The van der Waals surface area contributed by atoms with Crippen molar-refractivity contribution >= 4 is 16.6 Å². The molecule has 0 radical (unpaired) electrons. The molecule has 1 heterocycles. The second-order valence-electron chi connectivity index (χ2n) is 4.25. The van der Waals surface area contributed by atoms with Gasteiger partial charge in [-0.25, -0.2) is 0 Å². The van der Waals surface area contributed by atoms with Gasteiger partial charge in [0.1, 0.15) is 0 Å². The molecular weight excluding hydrogens is 210 g/mol. The summed E-state index contributed by atoms with van der Waals surface area (Å²) in [5.41, 5.74) is 10.9. The first-order valence-electron chi connectivity index (χ1n) is 5.55. The Morgan fingerprint density at radius 3 is 2.82 bits per heavy atom. The van der Waals surface area contributed by atoms with Crippen LogP contribution in [0.25, 0.3) is 22.2 Å². The fraction of sp³-hybridized carbons (Fsp3) is 0.0714. The standard InChI is InChI=1S/C14H13N3/c1-9-3-2-4-10(7-9)14-12-8-11(15)5-6-13(12)16-17-14/h2-8H,15H2,1H3,(H,16,17). The molecule has 84 valence electrons. The summed E-state index contributed by atoms with van der Waals surface area (Å²) in [5.74, 6) is 0. The largest absolute Gasteiger partial charge is 0.399 e. The van der Waals surface area contributed by atoms with Crippen LogP contribution in [-0.4, -0.2) is 10.2 Å². The molecule has 0 unspecified atom stereocenters. The highest BCUT2D eigenvalue weighted by atomic mass is 15.1. The molecule has 0 bridgehead atoms. The molecule has 2 aromatic carbocycles. The molecule has 0 amide bonds. The quantitative estimate of drug-likeness (QED) is 0.623. The first kappa shape index (κ1) is 9.90. The Bertz CT molecular complexity index is 683. The van der Waals surface area contributed by atoms with Gasteiger partial charge in [-0.2, -0.15) is 5.10 Å². The van der Waals surface area contributed by atoms with Crippen molar-refractivity contribution in [1.29, 1.82) is 0 Å². The molecule has 3 nitrogen and oxygen atoms in total. The summed E-state index contributed by atoms with van der Waals surface area (Å²) in [5, 5.41) is 8.46. The number of hydrogen-bond acceptors (Lipinski definition) is 2. The average molecular weight is 223 g/mol. The number of nitrogens with two attached hydrogens (primary N) is 1. The molecule has 0 atom stereocenters. The number of aromatic amines is 1. The minimum atomic E-state index is 0.757. The summed E-state index contributed by atoms with van der Waals surface area (Å²) in [6.45, 7) is 2.08. The minimum Gasteiger partial charge on any atom is -0.399 e. The second kappa shape index (κ2) is 3.63. The van der Waals surface area contributed by atoms with E-state index in [1.165, 1.54) is 5.56 Å². The monoisotopic (exact) mass is 223 g/mol. The number of aryl methyl sites for hydroxylation is 1. The van der Waals surface area contributed by atoms with E-state index in [9.17, 15) is 0 Å². The maximum atomic E-state index is 5.82. The van der Waals surface area contributed by atoms with Crippen LogP contribution in [-0.2, 0) is 0 Å². The van der Waals surface area contributed by atoms with Gasteiger partial charge in [0, 0.05) is 16.6 Å². The molecule has 3 aromatic rings. The molecule has 0 saturated heterocycles. The third kappa shape index (κ3) is 1.65. The molecular formula is C14H13N3. The highest BCUT2D eigenvalue weighted by Crippen LogP contribution is 2.27. The summed E-state index contributed by atoms with van der Waals surface area (Å²) in [6.07, 6.45) is 0. The number of nitrogens with one attached hydrogen (secondary N) is 1. The van der Waals surface area contributed by atoms with Crippen molar-refractivity contribution in [2.75, 3.05) is 5.73 Å². The molecule has 0 aliphatic rings. The Morgan fingerprint density at radius 2 is 2.00 bits per heavy atom. The second-order valence-corrected chi connectivity index (χ2v) is 4.25. The predicted octanol–water partition coefficient (Wildman–Crippen LogP) is 3.12. The van der Waals surface area contributed by atoms with E-state index in [1.54, 1.807) is 0 Å². The van der Waals surface area contributed by atoms with E-state index in [-0.39, 0.29) is 0 Å². The van der Waals surface area contributed by atoms with E-state index < -0.39 is 0 Å². The van der Waals surface area contributed by atoms with E-state index in [2.05, 4.69) is 35.3 Å². The van der Waals surface area contributed by atoms with Crippen molar-refractivity contribution in [3.8, 4) is 11.3 Å². The van der Waals surface area contributed by atoms with Crippen LogP contribution in [0.3, 0.4) is 0 Å². The molecule has 1 aromatic heterocycles. The van der Waals surface area contributed by atoms with Crippen molar-refractivity contribution in [1.82, 2.24) is 10.2 Å². The lowest BCUT2D eigenvalue weighted by Gasteiger charge is -2.00. The first-order chi connectivity index (χ1) is 8.24. The predicted molar refractivity (Wildman–Crippen MR) is 70.7 cm³/mol. The van der Waals surface area contributed by atoms with E-state index in [4.69, 9.17) is 5.73 Å². The number of hydrogen-bond donors (Lipinski definition) is 2. The Hall–Kier alpha value is -2.29. The lowest BCUT2D eigenvalue weighted by molar-refractivity contribution is 1.12. The number of nitrogens with zero attached hydrogens (tertiary/aromatic N) is 1. The maximum Gasteiger partial charge on any atom is 0.1000 e. The van der Waals surface area contributed by atoms with Crippen LogP contribution in [0.4, 0.5) is 5.69 Å². The topological polar surface area (TPSA) is 54.7 Å². The van der Waals surface area contributed by atoms with Crippen LogP contribution >= 0.6 is 0 Å². The number of benzene rings is 2. The lowest BCUT2D eigenvalue weighted by Crippen LogP contribution is -1.84. The first-order valence-corrected chi connectivity index (χ1v) is 5.55. The normalized spacial score (nSPS) is 10.9. The summed E-state index contributed by atoms with van der Waals surface area (Å²) >= 11 is 0. The molecule has 0 saturated carbocycles. The van der Waals surface area contributed by atoms with Gasteiger partial charge in [-0.05, 0) is 31.2 Å². The van der Waals surface area contributed by atoms with Crippen LogP contribution in [0, 0.1) is 6.92 Å². The van der Waals surface area contributed by atoms with Gasteiger partial charge in [0.15, 0.2) is 0 Å². The van der Waals surface area contributed by atoms with Crippen molar-refractivity contribution in [3.05, 3.63) is 48.0 Å². The summed E-state index contributed by atoms with van der Waals surface area (Å²) in [6, 6.07) is 14.1. The minimum absolute atomic E-state index is 0.757. The van der Waals surface area contributed by atoms with E-state index in [0.29, 0.717) is 0 Å². The number of H-pyrrole nitrogens is 1. The molecule has 3 N–H and O–H groups in total. The van der Waals surface area contributed by atoms with E-state index in [0.717, 1.165) is 27.8 Å². The Morgan fingerprint density at radius 1 is 1.12 bits per heavy atom. The fourth-order valence-electron chi connectivity index (χ4n) is 2.04. The number of rotatable bonds is 1. The number of fused-ring (bicyclic) bond motifs is 1. The van der Waals surface area contributed by atoms with Gasteiger partial charge in [0.25, 0.3) is 0 Å². The number of anilines is 1. The highest BCUT2D eigenvalue weighted by Gasteiger charge is 2.08. The van der Waals surface area contributed by atoms with Gasteiger partial charge < -0.3 is 5.73 Å². The summed E-state index contributed by atoms with van der Waals surface area (Å²) in [7, 11) is 0. The lowest BCUT2D eigenvalue weighted by atomic mass is 10.1. The summed E-state index contributed by atoms with van der Waals surface area (Å²) < 4.78 is 0. The third-order valence-corrected chi connectivity index (χ3v) is 2.88. The van der Waals surface area contributed by atoms with Gasteiger partial charge in [0.05, 0.1) is 11.2 Å². The zero-order chi connectivity index (χ0) is 11.8. The van der Waals surface area contributed by atoms with E-state index >= 15 is 0 Å². The molecule has 0 aliphatic heterocycles. The highest BCUT2D eigenvalue weighted by molar-refractivity contribution is 5.94.